The standard InChI is InChI=1S/C21H21ClN4O/c1-15-8-6-7-11-19(15)23-13-20(27)25-24-12-18-16(2)14-26(21(18)22)17-9-4-3-5-10-17/h3-12,14,23H,13H2,1-2H3,(H,25,27)/b24-12-. The third kappa shape index (κ3) is 4.57. The maximum absolute atomic E-state index is 12.0. The molecule has 1 heterocycles. The van der Waals surface area contributed by atoms with Gasteiger partial charge in [0, 0.05) is 23.1 Å². The number of halogens is 1. The van der Waals surface area contributed by atoms with E-state index in [4.69, 9.17) is 11.6 Å². The lowest BCUT2D eigenvalue weighted by molar-refractivity contribution is -0.119. The highest BCUT2D eigenvalue weighted by Gasteiger charge is 2.11. The molecule has 0 aliphatic heterocycles. The number of hydrazone groups is 1. The number of para-hydroxylation sites is 2. The largest absolute Gasteiger partial charge is 0.376 e. The predicted octanol–water partition coefficient (Wildman–Crippen LogP) is 4.31. The van der Waals surface area contributed by atoms with E-state index in [9.17, 15) is 4.79 Å². The van der Waals surface area contributed by atoms with Gasteiger partial charge in [0.25, 0.3) is 5.91 Å². The molecular formula is C21H21ClN4O. The quantitative estimate of drug-likeness (QED) is 0.494. The molecule has 0 bridgehead atoms. The van der Waals surface area contributed by atoms with Gasteiger partial charge in [-0.3, -0.25) is 4.79 Å². The molecule has 0 saturated heterocycles. The molecule has 6 heteroatoms. The highest BCUT2D eigenvalue weighted by atomic mass is 35.5. The third-order valence-corrected chi connectivity index (χ3v) is 4.57. The van der Waals surface area contributed by atoms with Crippen molar-refractivity contribution in [2.75, 3.05) is 11.9 Å². The van der Waals surface area contributed by atoms with Gasteiger partial charge in [0.15, 0.2) is 0 Å². The molecule has 5 nitrogen and oxygen atoms in total. The number of benzene rings is 2. The molecule has 0 aliphatic carbocycles. The smallest absolute Gasteiger partial charge is 0.259 e. The van der Waals surface area contributed by atoms with E-state index in [0.717, 1.165) is 28.1 Å². The third-order valence-electron chi connectivity index (χ3n) is 4.18. The van der Waals surface area contributed by atoms with Gasteiger partial charge in [0.05, 0.1) is 12.8 Å². The topological polar surface area (TPSA) is 58.4 Å². The minimum atomic E-state index is -0.231. The lowest BCUT2D eigenvalue weighted by Crippen LogP contribution is -2.26. The van der Waals surface area contributed by atoms with Gasteiger partial charge in [0.2, 0.25) is 0 Å². The van der Waals surface area contributed by atoms with E-state index in [1.807, 2.05) is 79.2 Å². The van der Waals surface area contributed by atoms with E-state index in [0.29, 0.717) is 5.15 Å². The molecule has 138 valence electrons. The highest BCUT2D eigenvalue weighted by molar-refractivity contribution is 6.32. The van der Waals surface area contributed by atoms with Crippen LogP contribution in [0.1, 0.15) is 16.7 Å². The average Bonchev–Trinajstić information content (AvgIpc) is 2.96. The Morgan fingerprint density at radius 2 is 1.78 bits per heavy atom. The zero-order valence-electron chi connectivity index (χ0n) is 15.2. The number of rotatable bonds is 6. The van der Waals surface area contributed by atoms with Crippen molar-refractivity contribution in [3.63, 3.8) is 0 Å². The zero-order chi connectivity index (χ0) is 19.2. The highest BCUT2D eigenvalue weighted by Crippen LogP contribution is 2.24. The van der Waals surface area contributed by atoms with Crippen LogP contribution in [-0.2, 0) is 4.79 Å². The van der Waals surface area contributed by atoms with Crippen molar-refractivity contribution in [2.24, 2.45) is 5.10 Å². The van der Waals surface area contributed by atoms with Crippen LogP contribution in [0.4, 0.5) is 5.69 Å². The molecule has 2 N–H and O–H groups in total. The average molecular weight is 381 g/mol. The van der Waals surface area contributed by atoms with Gasteiger partial charge in [-0.2, -0.15) is 5.10 Å². The van der Waals surface area contributed by atoms with Crippen molar-refractivity contribution in [1.82, 2.24) is 9.99 Å². The van der Waals surface area contributed by atoms with Crippen molar-refractivity contribution in [3.05, 3.63) is 82.6 Å². The molecule has 2 aromatic carbocycles. The fourth-order valence-corrected chi connectivity index (χ4v) is 3.04. The van der Waals surface area contributed by atoms with Crippen molar-refractivity contribution >= 4 is 29.4 Å². The molecule has 0 radical (unpaired) electrons. The molecule has 0 atom stereocenters. The molecule has 1 amide bonds. The van der Waals surface area contributed by atoms with Crippen LogP contribution >= 0.6 is 11.6 Å². The Morgan fingerprint density at radius 1 is 1.07 bits per heavy atom. The Labute approximate surface area is 163 Å². The monoisotopic (exact) mass is 380 g/mol. The lowest BCUT2D eigenvalue weighted by Gasteiger charge is -2.07. The first kappa shape index (κ1) is 18.7. The summed E-state index contributed by atoms with van der Waals surface area (Å²) in [5.74, 6) is -0.231. The van der Waals surface area contributed by atoms with Gasteiger partial charge < -0.3 is 9.88 Å². The molecule has 0 spiro atoms. The Bertz CT molecular complexity index is 964. The van der Waals surface area contributed by atoms with Crippen molar-refractivity contribution in [1.29, 1.82) is 0 Å². The van der Waals surface area contributed by atoms with E-state index < -0.39 is 0 Å². The molecule has 27 heavy (non-hydrogen) atoms. The van der Waals surface area contributed by atoms with Crippen LogP contribution in [0.5, 0.6) is 0 Å². The van der Waals surface area contributed by atoms with E-state index in [1.165, 1.54) is 0 Å². The molecule has 0 aliphatic rings. The predicted molar refractivity (Wildman–Crippen MR) is 111 cm³/mol. The Hall–Kier alpha value is -3.05. The number of aryl methyl sites for hydroxylation is 2. The minimum absolute atomic E-state index is 0.139. The summed E-state index contributed by atoms with van der Waals surface area (Å²) in [5.41, 5.74) is 7.24. The molecule has 0 unspecified atom stereocenters. The molecular weight excluding hydrogens is 360 g/mol. The van der Waals surface area contributed by atoms with E-state index in [1.54, 1.807) is 6.21 Å². The fraction of sp³-hybridized carbons (Fsp3) is 0.143. The SMILES string of the molecule is Cc1ccccc1NCC(=O)N/N=C\c1c(C)cn(-c2ccccc2)c1Cl. The summed E-state index contributed by atoms with van der Waals surface area (Å²) < 4.78 is 1.89. The van der Waals surface area contributed by atoms with Crippen molar-refractivity contribution in [2.45, 2.75) is 13.8 Å². The molecule has 0 fully saturated rings. The fourth-order valence-electron chi connectivity index (χ4n) is 2.70. The van der Waals surface area contributed by atoms with Crippen molar-refractivity contribution in [3.8, 4) is 5.69 Å². The number of nitrogens with zero attached hydrogens (tertiary/aromatic N) is 2. The Morgan fingerprint density at radius 3 is 2.52 bits per heavy atom. The van der Waals surface area contributed by atoms with Crippen molar-refractivity contribution < 1.29 is 4.79 Å². The maximum Gasteiger partial charge on any atom is 0.259 e. The minimum Gasteiger partial charge on any atom is -0.376 e. The number of amides is 1. The summed E-state index contributed by atoms with van der Waals surface area (Å²) in [6, 6.07) is 17.6. The summed E-state index contributed by atoms with van der Waals surface area (Å²) >= 11 is 6.48. The number of carbonyl (C=O) groups excluding carboxylic acids is 1. The second-order valence-electron chi connectivity index (χ2n) is 6.18. The van der Waals surface area contributed by atoms with Crippen LogP contribution in [-0.4, -0.2) is 23.2 Å². The maximum atomic E-state index is 12.0. The summed E-state index contributed by atoms with van der Waals surface area (Å²) in [6.45, 7) is 4.08. The van der Waals surface area contributed by atoms with Crippen LogP contribution in [0.2, 0.25) is 5.15 Å². The van der Waals surface area contributed by atoms with Gasteiger partial charge in [-0.05, 0) is 43.2 Å². The van der Waals surface area contributed by atoms with Crippen LogP contribution in [0.3, 0.4) is 0 Å². The van der Waals surface area contributed by atoms with E-state index in [2.05, 4.69) is 15.8 Å². The molecule has 0 saturated carbocycles. The van der Waals surface area contributed by atoms with E-state index in [-0.39, 0.29) is 12.5 Å². The van der Waals surface area contributed by atoms with Crippen LogP contribution in [0, 0.1) is 13.8 Å². The molecule has 1 aromatic heterocycles. The first-order valence-electron chi connectivity index (χ1n) is 8.60. The van der Waals surface area contributed by atoms with Crippen LogP contribution < -0.4 is 10.7 Å². The summed E-state index contributed by atoms with van der Waals surface area (Å²) in [6.07, 6.45) is 3.52. The Kier molecular flexibility index (Phi) is 5.94. The summed E-state index contributed by atoms with van der Waals surface area (Å²) in [4.78, 5) is 12.0. The second-order valence-corrected chi connectivity index (χ2v) is 6.54. The first-order valence-corrected chi connectivity index (χ1v) is 8.98. The van der Waals surface area contributed by atoms with Crippen LogP contribution in [0.15, 0.2) is 65.9 Å². The molecule has 3 aromatic rings. The number of nitrogens with one attached hydrogen (secondary N) is 2. The number of hydrogen-bond acceptors (Lipinski definition) is 3. The van der Waals surface area contributed by atoms with Gasteiger partial charge >= 0.3 is 0 Å². The van der Waals surface area contributed by atoms with Gasteiger partial charge in [-0.15, -0.1) is 0 Å². The normalized spacial score (nSPS) is 10.9. The Balaban J connectivity index is 1.62. The zero-order valence-corrected chi connectivity index (χ0v) is 16.0. The van der Waals surface area contributed by atoms with Gasteiger partial charge in [0.1, 0.15) is 5.15 Å². The molecule has 3 rings (SSSR count). The second kappa shape index (κ2) is 8.56. The van der Waals surface area contributed by atoms with Gasteiger partial charge in [-0.1, -0.05) is 48.0 Å². The van der Waals surface area contributed by atoms with Gasteiger partial charge in [-0.25, -0.2) is 5.43 Å². The number of aromatic nitrogens is 1. The summed E-state index contributed by atoms with van der Waals surface area (Å²) in [5, 5.41) is 7.69. The lowest BCUT2D eigenvalue weighted by atomic mass is 10.2. The first-order chi connectivity index (χ1) is 13.1. The van der Waals surface area contributed by atoms with Crippen LogP contribution in [0.25, 0.3) is 5.69 Å². The summed E-state index contributed by atoms with van der Waals surface area (Å²) in [7, 11) is 0. The number of hydrogen-bond donors (Lipinski definition) is 2. The number of carbonyl (C=O) groups is 1. The van der Waals surface area contributed by atoms with E-state index >= 15 is 0 Å². The number of anilines is 1.